The van der Waals surface area contributed by atoms with Crippen molar-refractivity contribution in [2.75, 3.05) is 36.0 Å². The Balaban J connectivity index is 1.03. The summed E-state index contributed by atoms with van der Waals surface area (Å²) in [6.07, 6.45) is 0.466. The number of anilines is 2. The number of amides is 3. The van der Waals surface area contributed by atoms with Crippen molar-refractivity contribution in [1.82, 2.24) is 10.2 Å². The molecule has 3 heterocycles. The zero-order chi connectivity index (χ0) is 30.4. The summed E-state index contributed by atoms with van der Waals surface area (Å²) in [7, 11) is 0. The third kappa shape index (κ3) is 4.91. The minimum absolute atomic E-state index is 0.186. The molecule has 3 aliphatic rings. The fourth-order valence-corrected chi connectivity index (χ4v) is 6.33. The quantitative estimate of drug-likeness (QED) is 0.324. The van der Waals surface area contributed by atoms with E-state index in [-0.39, 0.29) is 30.5 Å². The monoisotopic (exact) mass is 589 g/mol. The molecule has 3 amide bonds. The first-order valence-corrected chi connectivity index (χ1v) is 14.6. The lowest BCUT2D eigenvalue weighted by Gasteiger charge is -2.36. The molecule has 4 aromatic rings. The Labute approximate surface area is 253 Å². The van der Waals surface area contributed by atoms with Gasteiger partial charge in [0.2, 0.25) is 11.8 Å². The molecular formula is C34H28FN5O4. The van der Waals surface area contributed by atoms with Crippen molar-refractivity contribution in [3.63, 3.8) is 0 Å². The fraction of sp³-hybridized carbons (Fsp3) is 0.235. The van der Waals surface area contributed by atoms with Crippen LogP contribution >= 0.6 is 0 Å². The van der Waals surface area contributed by atoms with E-state index in [1.807, 2.05) is 47.4 Å². The normalized spacial score (nSPS) is 18.5. The van der Waals surface area contributed by atoms with Gasteiger partial charge in [0.1, 0.15) is 23.4 Å². The minimum Gasteiger partial charge on any atom is -0.457 e. The highest BCUT2D eigenvalue weighted by Crippen LogP contribution is 2.44. The molecule has 0 bridgehead atoms. The van der Waals surface area contributed by atoms with Gasteiger partial charge in [0.25, 0.3) is 5.91 Å². The van der Waals surface area contributed by atoms with Crippen LogP contribution in [0.2, 0.25) is 0 Å². The van der Waals surface area contributed by atoms with Crippen molar-refractivity contribution in [1.29, 1.82) is 5.26 Å². The van der Waals surface area contributed by atoms with E-state index in [1.165, 1.54) is 11.0 Å². The maximum absolute atomic E-state index is 14.5. The number of piperazine rings is 1. The number of nitriles is 1. The lowest BCUT2D eigenvalue weighted by Crippen LogP contribution is -2.53. The number of nitrogens with one attached hydrogen (secondary N) is 1. The summed E-state index contributed by atoms with van der Waals surface area (Å²) in [5.41, 5.74) is 3.12. The van der Waals surface area contributed by atoms with E-state index in [0.29, 0.717) is 47.1 Å². The first-order valence-electron chi connectivity index (χ1n) is 14.6. The molecule has 0 radical (unpaired) electrons. The summed E-state index contributed by atoms with van der Waals surface area (Å²) in [5.74, 6) is -0.160. The van der Waals surface area contributed by atoms with Crippen LogP contribution in [0.1, 0.15) is 34.3 Å². The SMILES string of the molecule is N#Cc1ccc(N2CCN(Cc3ccc(Oc4ccc5c6c(cccc46)C(=O)N5[C@H]4CCC(=O)NC4=O)cc3)CC2)c(F)c1. The van der Waals surface area contributed by atoms with Crippen LogP contribution in [0, 0.1) is 17.1 Å². The molecule has 44 heavy (non-hydrogen) atoms. The van der Waals surface area contributed by atoms with E-state index in [1.54, 1.807) is 30.3 Å². The number of halogens is 1. The maximum Gasteiger partial charge on any atom is 0.259 e. The number of ether oxygens (including phenoxy) is 1. The Bertz CT molecular complexity index is 1860. The molecule has 0 spiro atoms. The number of hydrogen-bond acceptors (Lipinski definition) is 7. The zero-order valence-corrected chi connectivity index (χ0v) is 23.8. The summed E-state index contributed by atoms with van der Waals surface area (Å²) in [4.78, 5) is 43.5. The summed E-state index contributed by atoms with van der Waals surface area (Å²) in [6, 6.07) is 22.8. The minimum atomic E-state index is -0.741. The van der Waals surface area contributed by atoms with Gasteiger partial charge in [0, 0.05) is 55.5 Å². The highest BCUT2D eigenvalue weighted by molar-refractivity contribution is 6.27. The number of nitrogens with zero attached hydrogens (tertiary/aromatic N) is 4. The molecule has 2 fully saturated rings. The number of carbonyl (C=O) groups is 3. The van der Waals surface area contributed by atoms with Gasteiger partial charge in [-0.1, -0.05) is 24.3 Å². The number of carbonyl (C=O) groups excluding carboxylic acids is 3. The molecule has 7 rings (SSSR count). The Morgan fingerprint density at radius 1 is 0.932 bits per heavy atom. The van der Waals surface area contributed by atoms with Gasteiger partial charge in [-0.05, 0) is 60.5 Å². The van der Waals surface area contributed by atoms with Crippen molar-refractivity contribution in [3.05, 3.63) is 95.3 Å². The standard InChI is InChI=1S/C34H28FN5O4/c35-26-18-22(19-36)6-9-27(26)39-16-14-38(15-17-39)20-21-4-7-23(8-5-21)44-30-12-10-28-32-24(30)2-1-3-25(32)34(43)40(28)29-11-13-31(41)37-33(29)42/h1-10,12,18,29H,11,13-17,20H2,(H,37,41,42)/t29-/m0/s1. The van der Waals surface area contributed by atoms with Crippen molar-refractivity contribution in [2.24, 2.45) is 0 Å². The van der Waals surface area contributed by atoms with Crippen LogP contribution in [0.15, 0.2) is 72.8 Å². The molecule has 4 aromatic carbocycles. The largest absolute Gasteiger partial charge is 0.457 e. The van der Waals surface area contributed by atoms with Gasteiger partial charge in [-0.25, -0.2) is 4.39 Å². The van der Waals surface area contributed by atoms with Gasteiger partial charge >= 0.3 is 0 Å². The van der Waals surface area contributed by atoms with Crippen LogP contribution in [-0.2, 0) is 16.1 Å². The second kappa shape index (κ2) is 11.1. The average molecular weight is 590 g/mol. The van der Waals surface area contributed by atoms with Crippen LogP contribution in [0.25, 0.3) is 10.8 Å². The molecule has 0 unspecified atom stereocenters. The lowest BCUT2D eigenvalue weighted by molar-refractivity contribution is -0.134. The first-order chi connectivity index (χ1) is 21.4. The average Bonchev–Trinajstić information content (AvgIpc) is 3.32. The first kappa shape index (κ1) is 27.6. The molecule has 1 atom stereocenters. The Morgan fingerprint density at radius 2 is 1.70 bits per heavy atom. The van der Waals surface area contributed by atoms with Gasteiger partial charge < -0.3 is 9.64 Å². The zero-order valence-electron chi connectivity index (χ0n) is 23.8. The highest BCUT2D eigenvalue weighted by Gasteiger charge is 2.41. The number of rotatable bonds is 6. The summed E-state index contributed by atoms with van der Waals surface area (Å²) in [6.45, 7) is 3.71. The van der Waals surface area contributed by atoms with Crippen LogP contribution in [-0.4, -0.2) is 54.8 Å². The topological polar surface area (TPSA) is 106 Å². The predicted octanol–water partition coefficient (Wildman–Crippen LogP) is 4.73. The smallest absolute Gasteiger partial charge is 0.259 e. The van der Waals surface area contributed by atoms with Gasteiger partial charge in [-0.3, -0.25) is 29.5 Å². The Kier molecular flexibility index (Phi) is 6.95. The second-order valence-electron chi connectivity index (χ2n) is 11.2. The molecule has 1 N–H and O–H groups in total. The summed E-state index contributed by atoms with van der Waals surface area (Å²) >= 11 is 0. The molecule has 0 saturated carbocycles. The molecule has 10 heteroatoms. The molecule has 2 saturated heterocycles. The molecule has 3 aliphatic heterocycles. The molecule has 9 nitrogen and oxygen atoms in total. The summed E-state index contributed by atoms with van der Waals surface area (Å²) < 4.78 is 20.8. The van der Waals surface area contributed by atoms with E-state index in [4.69, 9.17) is 10.00 Å². The number of piperidine rings is 1. The van der Waals surface area contributed by atoms with Crippen LogP contribution in [0.5, 0.6) is 11.5 Å². The summed E-state index contributed by atoms with van der Waals surface area (Å²) in [5, 5.41) is 12.8. The Morgan fingerprint density at radius 3 is 2.43 bits per heavy atom. The predicted molar refractivity (Wildman–Crippen MR) is 162 cm³/mol. The van der Waals surface area contributed by atoms with Gasteiger partial charge in [-0.15, -0.1) is 0 Å². The fourth-order valence-electron chi connectivity index (χ4n) is 6.33. The second-order valence-corrected chi connectivity index (χ2v) is 11.2. The molecule has 0 aromatic heterocycles. The third-order valence-electron chi connectivity index (χ3n) is 8.56. The Hall–Kier alpha value is -5.27. The van der Waals surface area contributed by atoms with Gasteiger partial charge in [-0.2, -0.15) is 5.26 Å². The van der Waals surface area contributed by atoms with Crippen LogP contribution in [0.4, 0.5) is 15.8 Å². The lowest BCUT2D eigenvalue weighted by atomic mass is 10.0. The van der Waals surface area contributed by atoms with Crippen LogP contribution in [0.3, 0.4) is 0 Å². The van der Waals surface area contributed by atoms with Crippen molar-refractivity contribution < 1.29 is 23.5 Å². The third-order valence-corrected chi connectivity index (χ3v) is 8.56. The van der Waals surface area contributed by atoms with E-state index >= 15 is 0 Å². The van der Waals surface area contributed by atoms with Crippen LogP contribution < -0.4 is 19.9 Å². The highest BCUT2D eigenvalue weighted by atomic mass is 19.1. The molecular weight excluding hydrogens is 561 g/mol. The number of imide groups is 1. The van der Waals surface area contributed by atoms with Crippen molar-refractivity contribution >= 4 is 39.9 Å². The van der Waals surface area contributed by atoms with Crippen molar-refractivity contribution in [3.8, 4) is 17.6 Å². The van der Waals surface area contributed by atoms with Gasteiger partial charge in [0.05, 0.1) is 23.0 Å². The molecule has 0 aliphatic carbocycles. The maximum atomic E-state index is 14.5. The van der Waals surface area contributed by atoms with Crippen molar-refractivity contribution in [2.45, 2.75) is 25.4 Å². The number of hydrogen-bond donors (Lipinski definition) is 1. The molecule has 220 valence electrons. The van der Waals surface area contributed by atoms with Gasteiger partial charge in [0.15, 0.2) is 0 Å². The number of benzene rings is 4. The van der Waals surface area contributed by atoms with E-state index in [2.05, 4.69) is 10.2 Å². The van der Waals surface area contributed by atoms with E-state index in [9.17, 15) is 18.8 Å². The van der Waals surface area contributed by atoms with E-state index in [0.717, 1.165) is 36.0 Å². The van der Waals surface area contributed by atoms with E-state index < -0.39 is 11.9 Å².